The maximum atomic E-state index is 13.0. The van der Waals surface area contributed by atoms with E-state index in [0.717, 1.165) is 42.7 Å². The third-order valence-corrected chi connectivity index (χ3v) is 4.46. The quantitative estimate of drug-likeness (QED) is 0.791. The fourth-order valence-electron chi connectivity index (χ4n) is 3.30. The van der Waals surface area contributed by atoms with Crippen molar-refractivity contribution in [1.29, 1.82) is 0 Å². The molecule has 6 heteroatoms. The molecule has 4 heterocycles. The lowest BCUT2D eigenvalue weighted by atomic mass is 9.99. The Labute approximate surface area is 134 Å². The Morgan fingerprint density at radius 2 is 2.17 bits per heavy atom. The van der Waals surface area contributed by atoms with Crippen molar-refractivity contribution >= 4 is 11.6 Å². The molecule has 1 atom stereocenters. The van der Waals surface area contributed by atoms with E-state index in [1.807, 2.05) is 46.8 Å². The van der Waals surface area contributed by atoms with Gasteiger partial charge in [0.15, 0.2) is 0 Å². The van der Waals surface area contributed by atoms with E-state index in [1.54, 1.807) is 6.20 Å². The van der Waals surface area contributed by atoms with Gasteiger partial charge in [-0.3, -0.25) is 9.89 Å². The maximum Gasteiger partial charge on any atom is 0.274 e. The van der Waals surface area contributed by atoms with Crippen LogP contribution in [-0.2, 0) is 0 Å². The number of aromatic nitrogens is 4. The molecule has 0 unspecified atom stereocenters. The fraction of sp³-hybridized carbons (Fsp3) is 0.353. The van der Waals surface area contributed by atoms with Crippen LogP contribution in [0.4, 0.5) is 0 Å². The number of nitrogens with zero attached hydrogens (tertiary/aromatic N) is 4. The average molecular weight is 309 g/mol. The molecule has 3 aromatic rings. The van der Waals surface area contributed by atoms with E-state index in [1.165, 1.54) is 0 Å². The molecule has 0 aliphatic carbocycles. The summed E-state index contributed by atoms with van der Waals surface area (Å²) in [6, 6.07) is 5.95. The van der Waals surface area contributed by atoms with Crippen molar-refractivity contribution in [3.05, 3.63) is 53.7 Å². The maximum absolute atomic E-state index is 13.0. The summed E-state index contributed by atoms with van der Waals surface area (Å²) < 4.78 is 1.91. The van der Waals surface area contributed by atoms with E-state index in [0.29, 0.717) is 5.69 Å². The van der Waals surface area contributed by atoms with Crippen molar-refractivity contribution in [1.82, 2.24) is 24.5 Å². The molecule has 118 valence electrons. The highest BCUT2D eigenvalue weighted by atomic mass is 16.2. The summed E-state index contributed by atoms with van der Waals surface area (Å²) in [4.78, 5) is 19.4. The van der Waals surface area contributed by atoms with E-state index in [4.69, 9.17) is 0 Å². The minimum atomic E-state index is -0.00865. The zero-order valence-electron chi connectivity index (χ0n) is 13.1. The van der Waals surface area contributed by atoms with Crippen molar-refractivity contribution in [3.63, 3.8) is 0 Å². The second-order valence-corrected chi connectivity index (χ2v) is 6.12. The van der Waals surface area contributed by atoms with E-state index >= 15 is 0 Å². The molecular weight excluding hydrogens is 290 g/mol. The highest BCUT2D eigenvalue weighted by molar-refractivity contribution is 5.93. The molecule has 0 spiro atoms. The molecule has 23 heavy (non-hydrogen) atoms. The predicted molar refractivity (Wildman–Crippen MR) is 86.1 cm³/mol. The van der Waals surface area contributed by atoms with Gasteiger partial charge in [0.1, 0.15) is 11.3 Å². The van der Waals surface area contributed by atoms with Gasteiger partial charge in [-0.1, -0.05) is 6.07 Å². The number of fused-ring (bicyclic) bond motifs is 1. The first-order chi connectivity index (χ1) is 11.2. The highest BCUT2D eigenvalue weighted by Crippen LogP contribution is 2.30. The van der Waals surface area contributed by atoms with Crippen LogP contribution in [0.1, 0.15) is 47.1 Å². The zero-order chi connectivity index (χ0) is 15.8. The zero-order valence-corrected chi connectivity index (χ0v) is 13.1. The molecule has 1 fully saturated rings. The number of likely N-dealkylation sites (tertiary alicyclic amines) is 1. The van der Waals surface area contributed by atoms with Gasteiger partial charge in [0.2, 0.25) is 0 Å². The average Bonchev–Trinajstić information content (AvgIpc) is 3.23. The second kappa shape index (κ2) is 5.53. The van der Waals surface area contributed by atoms with Crippen LogP contribution in [0, 0.1) is 6.92 Å². The number of carbonyl (C=O) groups is 1. The third kappa shape index (κ3) is 2.50. The number of hydrogen-bond donors (Lipinski definition) is 1. The van der Waals surface area contributed by atoms with Crippen LogP contribution in [0.2, 0.25) is 0 Å². The molecule has 0 aromatic carbocycles. The molecule has 1 aliphatic rings. The van der Waals surface area contributed by atoms with Gasteiger partial charge in [0, 0.05) is 25.1 Å². The van der Waals surface area contributed by atoms with Crippen molar-refractivity contribution < 1.29 is 4.79 Å². The fourth-order valence-corrected chi connectivity index (χ4v) is 3.30. The van der Waals surface area contributed by atoms with Crippen molar-refractivity contribution in [2.45, 2.75) is 32.2 Å². The lowest BCUT2D eigenvalue weighted by Gasteiger charge is -2.34. The van der Waals surface area contributed by atoms with Crippen molar-refractivity contribution in [2.24, 2.45) is 0 Å². The number of H-pyrrole nitrogens is 1. The van der Waals surface area contributed by atoms with Gasteiger partial charge in [-0.25, -0.2) is 4.98 Å². The number of aryl methyl sites for hydroxylation is 1. The standard InChI is InChI=1S/C17H19N5O/c1-12-5-6-16-19-14(11-21(16)10-12)17(23)22-9-3-2-4-15(22)13-7-8-18-20-13/h5-8,10-11,15H,2-4,9H2,1H3,(H,18,20)/t15-/m0/s1. The van der Waals surface area contributed by atoms with Gasteiger partial charge >= 0.3 is 0 Å². The smallest absolute Gasteiger partial charge is 0.274 e. The summed E-state index contributed by atoms with van der Waals surface area (Å²) in [6.07, 6.45) is 8.66. The lowest BCUT2D eigenvalue weighted by Crippen LogP contribution is -2.38. The van der Waals surface area contributed by atoms with Gasteiger partial charge in [-0.2, -0.15) is 5.10 Å². The van der Waals surface area contributed by atoms with Gasteiger partial charge in [-0.05, 0) is 43.9 Å². The Morgan fingerprint density at radius 1 is 1.26 bits per heavy atom. The summed E-state index contributed by atoms with van der Waals surface area (Å²) in [5.41, 5.74) is 3.44. The molecular formula is C17H19N5O. The van der Waals surface area contributed by atoms with Gasteiger partial charge in [-0.15, -0.1) is 0 Å². The van der Waals surface area contributed by atoms with Gasteiger partial charge in [0.05, 0.1) is 11.7 Å². The molecule has 1 N–H and O–H groups in total. The molecule has 1 amide bonds. The summed E-state index contributed by atoms with van der Waals surface area (Å²) >= 11 is 0. The minimum absolute atomic E-state index is 0.00865. The number of amides is 1. The number of rotatable bonds is 2. The largest absolute Gasteiger partial charge is 0.329 e. The number of hydrogen-bond acceptors (Lipinski definition) is 3. The Balaban J connectivity index is 1.67. The minimum Gasteiger partial charge on any atom is -0.329 e. The Bertz CT molecular complexity index is 836. The van der Waals surface area contributed by atoms with E-state index in [2.05, 4.69) is 15.2 Å². The van der Waals surface area contributed by atoms with Crippen LogP contribution in [0.5, 0.6) is 0 Å². The SMILES string of the molecule is Cc1ccc2nc(C(=O)N3CCCC[C@H]3c3ccn[nH]3)cn2c1. The van der Waals surface area contributed by atoms with Crippen LogP contribution >= 0.6 is 0 Å². The number of carbonyl (C=O) groups excluding carboxylic acids is 1. The van der Waals surface area contributed by atoms with E-state index in [-0.39, 0.29) is 11.9 Å². The third-order valence-electron chi connectivity index (χ3n) is 4.46. The Morgan fingerprint density at radius 3 is 3.00 bits per heavy atom. The van der Waals surface area contributed by atoms with Crippen molar-refractivity contribution in [2.75, 3.05) is 6.54 Å². The predicted octanol–water partition coefficient (Wildman–Crippen LogP) is 2.73. The first-order valence-corrected chi connectivity index (χ1v) is 7.98. The topological polar surface area (TPSA) is 66.3 Å². The van der Waals surface area contributed by atoms with Gasteiger partial charge < -0.3 is 9.30 Å². The molecule has 0 saturated carbocycles. The summed E-state index contributed by atoms with van der Waals surface area (Å²) in [6.45, 7) is 2.79. The normalized spacial score (nSPS) is 18.5. The summed E-state index contributed by atoms with van der Waals surface area (Å²) in [7, 11) is 0. The lowest BCUT2D eigenvalue weighted by molar-refractivity contribution is 0.0600. The number of nitrogens with one attached hydrogen (secondary N) is 1. The van der Waals surface area contributed by atoms with E-state index < -0.39 is 0 Å². The molecule has 3 aromatic heterocycles. The number of pyridine rings is 1. The first-order valence-electron chi connectivity index (χ1n) is 7.98. The van der Waals surface area contributed by atoms with E-state index in [9.17, 15) is 4.79 Å². The summed E-state index contributed by atoms with van der Waals surface area (Å²) in [5.74, 6) is -0.00865. The number of imidazole rings is 1. The Hall–Kier alpha value is -2.63. The molecule has 1 aliphatic heterocycles. The molecule has 6 nitrogen and oxygen atoms in total. The second-order valence-electron chi connectivity index (χ2n) is 6.12. The van der Waals surface area contributed by atoms with Crippen LogP contribution in [0.25, 0.3) is 5.65 Å². The number of aromatic amines is 1. The monoisotopic (exact) mass is 309 g/mol. The number of piperidine rings is 1. The molecule has 1 saturated heterocycles. The molecule has 4 rings (SSSR count). The Kier molecular flexibility index (Phi) is 3.37. The van der Waals surface area contributed by atoms with Crippen LogP contribution in [-0.4, -0.2) is 36.9 Å². The van der Waals surface area contributed by atoms with Crippen LogP contribution < -0.4 is 0 Å². The molecule has 0 radical (unpaired) electrons. The van der Waals surface area contributed by atoms with Crippen molar-refractivity contribution in [3.8, 4) is 0 Å². The summed E-state index contributed by atoms with van der Waals surface area (Å²) in [5, 5.41) is 7.03. The first kappa shape index (κ1) is 14.0. The highest BCUT2D eigenvalue weighted by Gasteiger charge is 2.30. The molecule has 0 bridgehead atoms. The van der Waals surface area contributed by atoms with Crippen LogP contribution in [0.15, 0.2) is 36.8 Å². The van der Waals surface area contributed by atoms with Crippen LogP contribution in [0.3, 0.4) is 0 Å². The van der Waals surface area contributed by atoms with Gasteiger partial charge in [0.25, 0.3) is 5.91 Å².